The van der Waals surface area contributed by atoms with Crippen molar-refractivity contribution in [1.82, 2.24) is 0 Å². The van der Waals surface area contributed by atoms with Crippen molar-refractivity contribution in [3.05, 3.63) is 23.8 Å². The fourth-order valence-electron chi connectivity index (χ4n) is 1.10. The van der Waals surface area contributed by atoms with Crippen LogP contribution in [0.5, 0.6) is 0 Å². The molecule has 1 rings (SSSR count). The van der Waals surface area contributed by atoms with E-state index in [2.05, 4.69) is 0 Å². The second kappa shape index (κ2) is 2.73. The largest absolute Gasteiger partial charge is 0.479 e. The van der Waals surface area contributed by atoms with Crippen LogP contribution in [0.3, 0.4) is 0 Å². The van der Waals surface area contributed by atoms with Crippen molar-refractivity contribution < 1.29 is 20.1 Å². The predicted octanol–water partition coefficient (Wildman–Crippen LogP) is -0.321. The minimum atomic E-state index is -2.16. The molecule has 0 radical (unpaired) electrons. The van der Waals surface area contributed by atoms with Gasteiger partial charge in [-0.1, -0.05) is 18.2 Å². The van der Waals surface area contributed by atoms with Crippen LogP contribution < -0.4 is 0 Å². The Bertz CT molecular complexity index is 266. The summed E-state index contributed by atoms with van der Waals surface area (Å²) in [6.45, 7) is 1.46. The number of carboxylic acid groups (broad SMARTS) is 1. The molecule has 1 aliphatic carbocycles. The zero-order chi connectivity index (χ0) is 9.35. The highest BCUT2D eigenvalue weighted by molar-refractivity contribution is 5.83. The lowest BCUT2D eigenvalue weighted by Crippen LogP contribution is -2.50. The lowest BCUT2D eigenvalue weighted by atomic mass is 9.85. The van der Waals surface area contributed by atoms with E-state index in [1.165, 1.54) is 25.2 Å². The van der Waals surface area contributed by atoms with Gasteiger partial charge in [0.25, 0.3) is 0 Å². The summed E-state index contributed by atoms with van der Waals surface area (Å²) in [5, 5.41) is 27.4. The molecule has 0 heterocycles. The maximum Gasteiger partial charge on any atom is 0.343 e. The van der Waals surface area contributed by atoms with E-state index in [1.807, 2.05) is 0 Å². The van der Waals surface area contributed by atoms with Crippen LogP contribution in [0.15, 0.2) is 23.8 Å². The van der Waals surface area contributed by atoms with E-state index in [0.29, 0.717) is 0 Å². The summed E-state index contributed by atoms with van der Waals surface area (Å²) in [5.74, 6) is -1.44. The first-order valence-corrected chi connectivity index (χ1v) is 3.49. The second-order valence-electron chi connectivity index (χ2n) is 2.75. The smallest absolute Gasteiger partial charge is 0.343 e. The number of hydrogen-bond donors (Lipinski definition) is 3. The molecule has 0 saturated carbocycles. The van der Waals surface area contributed by atoms with Gasteiger partial charge in [-0.05, 0) is 12.5 Å². The first-order valence-electron chi connectivity index (χ1n) is 3.49. The van der Waals surface area contributed by atoms with Gasteiger partial charge in [-0.25, -0.2) is 4.79 Å². The zero-order valence-electron chi connectivity index (χ0n) is 6.56. The maximum absolute atomic E-state index is 10.6. The zero-order valence-corrected chi connectivity index (χ0v) is 6.56. The van der Waals surface area contributed by atoms with Gasteiger partial charge in [0.05, 0.1) is 0 Å². The first-order chi connectivity index (χ1) is 5.49. The summed E-state index contributed by atoms with van der Waals surface area (Å²) in [5.41, 5.74) is -1.93. The third kappa shape index (κ3) is 1.05. The number of rotatable bonds is 1. The Morgan fingerprint density at radius 3 is 2.58 bits per heavy atom. The van der Waals surface area contributed by atoms with Crippen LogP contribution >= 0.6 is 0 Å². The molecule has 0 aromatic carbocycles. The Kier molecular flexibility index (Phi) is 2.04. The Labute approximate surface area is 69.5 Å². The highest BCUT2D eigenvalue weighted by Gasteiger charge is 2.45. The number of carboxylic acids is 1. The fourth-order valence-corrected chi connectivity index (χ4v) is 1.10. The van der Waals surface area contributed by atoms with Crippen LogP contribution in [0.25, 0.3) is 0 Å². The minimum absolute atomic E-state index is 0.227. The van der Waals surface area contributed by atoms with Gasteiger partial charge in [-0.15, -0.1) is 0 Å². The SMILES string of the molecule is CC1=CC=CC(O)C1(O)C(=O)O. The molecule has 0 aromatic heterocycles. The van der Waals surface area contributed by atoms with Crippen LogP contribution in [0, 0.1) is 0 Å². The van der Waals surface area contributed by atoms with Crippen molar-refractivity contribution in [3.63, 3.8) is 0 Å². The van der Waals surface area contributed by atoms with Crippen molar-refractivity contribution in [2.24, 2.45) is 0 Å². The third-order valence-electron chi connectivity index (χ3n) is 1.99. The lowest BCUT2D eigenvalue weighted by Gasteiger charge is -2.29. The number of aliphatic hydroxyl groups is 2. The molecular formula is C8H10O4. The van der Waals surface area contributed by atoms with Crippen molar-refractivity contribution in [2.45, 2.75) is 18.6 Å². The van der Waals surface area contributed by atoms with Gasteiger partial charge in [0.1, 0.15) is 6.10 Å². The molecule has 4 heteroatoms. The number of hydrogen-bond acceptors (Lipinski definition) is 3. The monoisotopic (exact) mass is 170 g/mol. The van der Waals surface area contributed by atoms with Gasteiger partial charge in [-0.3, -0.25) is 0 Å². The van der Waals surface area contributed by atoms with E-state index in [4.69, 9.17) is 5.11 Å². The van der Waals surface area contributed by atoms with Gasteiger partial charge in [0.2, 0.25) is 5.60 Å². The number of aliphatic carboxylic acids is 1. The van der Waals surface area contributed by atoms with Gasteiger partial charge in [0.15, 0.2) is 0 Å². The molecule has 66 valence electrons. The molecule has 2 atom stereocenters. The predicted molar refractivity (Wildman–Crippen MR) is 41.5 cm³/mol. The van der Waals surface area contributed by atoms with Crippen LogP contribution in [-0.4, -0.2) is 33.0 Å². The van der Waals surface area contributed by atoms with E-state index >= 15 is 0 Å². The molecular weight excluding hydrogens is 160 g/mol. The molecule has 0 bridgehead atoms. The summed E-state index contributed by atoms with van der Waals surface area (Å²) in [6, 6.07) is 0. The molecule has 3 N–H and O–H groups in total. The summed E-state index contributed by atoms with van der Waals surface area (Å²) in [7, 11) is 0. The molecule has 0 aliphatic heterocycles. The Balaban J connectivity index is 3.10. The van der Waals surface area contributed by atoms with Crippen LogP contribution in [0.2, 0.25) is 0 Å². The van der Waals surface area contributed by atoms with Gasteiger partial charge >= 0.3 is 5.97 Å². The minimum Gasteiger partial charge on any atom is -0.479 e. The molecule has 0 amide bonds. The van der Waals surface area contributed by atoms with E-state index in [9.17, 15) is 15.0 Å². The van der Waals surface area contributed by atoms with Crippen molar-refractivity contribution >= 4 is 5.97 Å². The van der Waals surface area contributed by atoms with Gasteiger partial charge < -0.3 is 15.3 Å². The molecule has 1 aliphatic rings. The standard InChI is InChI=1S/C8H10O4/c1-5-3-2-4-6(9)8(5,12)7(10)11/h2-4,6,9,12H,1H3,(H,10,11). The topological polar surface area (TPSA) is 77.8 Å². The normalized spacial score (nSPS) is 34.6. The number of aliphatic hydroxyl groups excluding tert-OH is 1. The molecule has 4 nitrogen and oxygen atoms in total. The molecule has 0 aromatic rings. The quantitative estimate of drug-likeness (QED) is 0.504. The van der Waals surface area contributed by atoms with E-state index in [0.717, 1.165) is 0 Å². The first kappa shape index (κ1) is 8.96. The number of allylic oxidation sites excluding steroid dienone is 2. The summed E-state index contributed by atoms with van der Waals surface area (Å²) in [6.07, 6.45) is 2.83. The van der Waals surface area contributed by atoms with E-state index in [-0.39, 0.29) is 5.57 Å². The molecule has 0 saturated heterocycles. The van der Waals surface area contributed by atoms with Gasteiger partial charge in [-0.2, -0.15) is 0 Å². The summed E-state index contributed by atoms with van der Waals surface area (Å²) in [4.78, 5) is 10.6. The van der Waals surface area contributed by atoms with Gasteiger partial charge in [0, 0.05) is 0 Å². The average Bonchev–Trinajstić information content (AvgIpc) is 1.99. The molecule has 0 fully saturated rings. The molecule has 0 spiro atoms. The van der Waals surface area contributed by atoms with Crippen LogP contribution in [0.1, 0.15) is 6.92 Å². The van der Waals surface area contributed by atoms with E-state index < -0.39 is 17.7 Å². The summed E-state index contributed by atoms with van der Waals surface area (Å²) >= 11 is 0. The number of carbonyl (C=O) groups is 1. The Morgan fingerprint density at radius 2 is 2.25 bits per heavy atom. The highest BCUT2D eigenvalue weighted by atomic mass is 16.4. The Morgan fingerprint density at radius 1 is 1.67 bits per heavy atom. The maximum atomic E-state index is 10.6. The van der Waals surface area contributed by atoms with Crippen molar-refractivity contribution in [2.75, 3.05) is 0 Å². The average molecular weight is 170 g/mol. The van der Waals surface area contributed by atoms with E-state index in [1.54, 1.807) is 0 Å². The lowest BCUT2D eigenvalue weighted by molar-refractivity contribution is -0.162. The van der Waals surface area contributed by atoms with Crippen LogP contribution in [-0.2, 0) is 4.79 Å². The summed E-state index contributed by atoms with van der Waals surface area (Å²) < 4.78 is 0. The van der Waals surface area contributed by atoms with Crippen LogP contribution in [0.4, 0.5) is 0 Å². The van der Waals surface area contributed by atoms with Crippen molar-refractivity contribution in [1.29, 1.82) is 0 Å². The highest BCUT2D eigenvalue weighted by Crippen LogP contribution is 2.25. The van der Waals surface area contributed by atoms with Crippen molar-refractivity contribution in [3.8, 4) is 0 Å². The fraction of sp³-hybridized carbons (Fsp3) is 0.375. The molecule has 12 heavy (non-hydrogen) atoms. The third-order valence-corrected chi connectivity index (χ3v) is 1.99. The molecule has 2 unspecified atom stereocenters. The second-order valence-corrected chi connectivity index (χ2v) is 2.75. The Hall–Kier alpha value is -1.13.